The Hall–Kier alpha value is -1.06. The van der Waals surface area contributed by atoms with Crippen molar-refractivity contribution < 1.29 is 9.59 Å². The van der Waals surface area contributed by atoms with Gasteiger partial charge in [0.05, 0.1) is 0 Å². The van der Waals surface area contributed by atoms with Gasteiger partial charge in [-0.1, -0.05) is 27.2 Å². The third kappa shape index (κ3) is 2.63. The van der Waals surface area contributed by atoms with Gasteiger partial charge in [-0.05, 0) is 37.5 Å². The Bertz CT molecular complexity index is 376. The molecule has 1 aliphatic carbocycles. The van der Waals surface area contributed by atoms with E-state index in [4.69, 9.17) is 0 Å². The average Bonchev–Trinajstić information content (AvgIpc) is 3.18. The van der Waals surface area contributed by atoms with E-state index in [9.17, 15) is 9.59 Å². The zero-order valence-electron chi connectivity index (χ0n) is 12.5. The van der Waals surface area contributed by atoms with Crippen molar-refractivity contribution in [3.05, 3.63) is 0 Å². The van der Waals surface area contributed by atoms with Crippen molar-refractivity contribution in [3.63, 3.8) is 0 Å². The summed E-state index contributed by atoms with van der Waals surface area (Å²) in [7, 11) is 0. The first kappa shape index (κ1) is 14.4. The van der Waals surface area contributed by atoms with Gasteiger partial charge >= 0.3 is 0 Å². The van der Waals surface area contributed by atoms with Gasteiger partial charge in [-0.25, -0.2) is 0 Å². The van der Waals surface area contributed by atoms with Crippen molar-refractivity contribution in [2.75, 3.05) is 6.54 Å². The van der Waals surface area contributed by atoms with Crippen LogP contribution >= 0.6 is 0 Å². The molecule has 4 heteroatoms. The molecule has 0 aromatic rings. The molecule has 0 spiro atoms. The molecular formula is C15H26N2O2. The third-order valence-corrected chi connectivity index (χ3v) is 5.12. The van der Waals surface area contributed by atoms with Crippen LogP contribution in [-0.4, -0.2) is 35.3 Å². The predicted molar refractivity (Wildman–Crippen MR) is 74.5 cm³/mol. The number of hydrogen-bond acceptors (Lipinski definition) is 2. The van der Waals surface area contributed by atoms with Crippen molar-refractivity contribution in [2.24, 2.45) is 11.3 Å². The topological polar surface area (TPSA) is 49.4 Å². The van der Waals surface area contributed by atoms with Crippen LogP contribution in [0.1, 0.15) is 53.4 Å². The molecule has 0 bridgehead atoms. The number of rotatable bonds is 5. The van der Waals surface area contributed by atoms with Crippen LogP contribution in [-0.2, 0) is 9.59 Å². The summed E-state index contributed by atoms with van der Waals surface area (Å²) in [5, 5.41) is 2.89. The van der Waals surface area contributed by atoms with E-state index < -0.39 is 0 Å². The van der Waals surface area contributed by atoms with Gasteiger partial charge in [0.2, 0.25) is 11.8 Å². The minimum atomic E-state index is -0.332. The van der Waals surface area contributed by atoms with Crippen molar-refractivity contribution in [1.82, 2.24) is 10.2 Å². The highest BCUT2D eigenvalue weighted by molar-refractivity contribution is 5.96. The first-order chi connectivity index (χ1) is 8.94. The normalized spacial score (nSPS) is 31.1. The van der Waals surface area contributed by atoms with Crippen molar-refractivity contribution in [1.29, 1.82) is 0 Å². The fourth-order valence-electron chi connectivity index (χ4n) is 2.84. The molecule has 1 heterocycles. The second kappa shape index (κ2) is 5.14. The van der Waals surface area contributed by atoms with E-state index in [1.54, 1.807) is 0 Å². The summed E-state index contributed by atoms with van der Waals surface area (Å²) in [6.45, 7) is 8.86. The summed E-state index contributed by atoms with van der Waals surface area (Å²) in [6.07, 6.45) is 4.38. The quantitative estimate of drug-likeness (QED) is 0.826. The molecule has 3 atom stereocenters. The Morgan fingerprint density at radius 3 is 2.47 bits per heavy atom. The molecule has 1 saturated carbocycles. The van der Waals surface area contributed by atoms with E-state index in [2.05, 4.69) is 19.2 Å². The van der Waals surface area contributed by atoms with Crippen LogP contribution in [0.15, 0.2) is 0 Å². The lowest BCUT2D eigenvalue weighted by atomic mass is 9.93. The van der Waals surface area contributed by atoms with Gasteiger partial charge in [0.1, 0.15) is 12.1 Å². The third-order valence-electron chi connectivity index (χ3n) is 5.12. The molecule has 1 N–H and O–H groups in total. The van der Waals surface area contributed by atoms with Crippen molar-refractivity contribution in [3.8, 4) is 0 Å². The number of carbonyl (C=O) groups excluding carboxylic acids is 2. The molecule has 1 saturated heterocycles. The van der Waals surface area contributed by atoms with E-state index in [1.165, 1.54) is 12.8 Å². The molecule has 2 fully saturated rings. The summed E-state index contributed by atoms with van der Waals surface area (Å²) < 4.78 is 0. The summed E-state index contributed by atoms with van der Waals surface area (Å²) in [5.74, 6) is 0.307. The molecule has 1 aliphatic heterocycles. The number of piperazine rings is 1. The fraction of sp³-hybridized carbons (Fsp3) is 0.867. The van der Waals surface area contributed by atoms with Crippen molar-refractivity contribution >= 4 is 11.8 Å². The lowest BCUT2D eigenvalue weighted by Crippen LogP contribution is -2.64. The molecular weight excluding hydrogens is 240 g/mol. The van der Waals surface area contributed by atoms with Crippen LogP contribution in [0.2, 0.25) is 0 Å². The van der Waals surface area contributed by atoms with Gasteiger partial charge in [0, 0.05) is 6.54 Å². The standard InChI is InChI=1S/C15H26N2O2/c1-5-10(3)12-14(19)17(11(4)13(18)16-12)9-15(6-2)7-8-15/h10-12H,5-9H2,1-4H3,(H,16,18). The molecule has 2 aliphatic rings. The minimum Gasteiger partial charge on any atom is -0.342 e. The largest absolute Gasteiger partial charge is 0.342 e. The van der Waals surface area contributed by atoms with Gasteiger partial charge in [0.25, 0.3) is 0 Å². The van der Waals surface area contributed by atoms with Gasteiger partial charge in [-0.2, -0.15) is 0 Å². The number of nitrogens with zero attached hydrogens (tertiary/aromatic N) is 1. The van der Waals surface area contributed by atoms with Gasteiger partial charge in [0.15, 0.2) is 0 Å². The maximum absolute atomic E-state index is 12.6. The highest BCUT2D eigenvalue weighted by atomic mass is 16.2. The summed E-state index contributed by atoms with van der Waals surface area (Å²) in [5.41, 5.74) is 0.293. The Labute approximate surface area is 115 Å². The summed E-state index contributed by atoms with van der Waals surface area (Å²) in [4.78, 5) is 26.5. The van der Waals surface area contributed by atoms with E-state index in [0.29, 0.717) is 5.41 Å². The first-order valence-corrected chi connectivity index (χ1v) is 7.55. The highest BCUT2D eigenvalue weighted by Crippen LogP contribution is 2.49. The number of hydrogen-bond donors (Lipinski definition) is 1. The molecule has 3 unspecified atom stereocenters. The van der Waals surface area contributed by atoms with E-state index in [-0.39, 0.29) is 29.8 Å². The van der Waals surface area contributed by atoms with E-state index >= 15 is 0 Å². The maximum Gasteiger partial charge on any atom is 0.246 e. The van der Waals surface area contributed by atoms with Crippen LogP contribution in [0.4, 0.5) is 0 Å². The van der Waals surface area contributed by atoms with Crippen LogP contribution in [0.25, 0.3) is 0 Å². The summed E-state index contributed by atoms with van der Waals surface area (Å²) in [6, 6.07) is -0.654. The number of nitrogens with one attached hydrogen (secondary N) is 1. The second-order valence-corrected chi connectivity index (χ2v) is 6.37. The molecule has 2 amide bonds. The SMILES string of the molecule is CCC(C)C1NC(=O)C(C)N(CC2(CC)CC2)C1=O. The minimum absolute atomic E-state index is 0.00296. The van der Waals surface area contributed by atoms with Gasteiger partial charge < -0.3 is 10.2 Å². The van der Waals surface area contributed by atoms with Gasteiger partial charge in [-0.3, -0.25) is 9.59 Å². The van der Waals surface area contributed by atoms with Crippen LogP contribution in [0.5, 0.6) is 0 Å². The van der Waals surface area contributed by atoms with Crippen molar-refractivity contribution in [2.45, 2.75) is 65.5 Å². The Morgan fingerprint density at radius 1 is 1.37 bits per heavy atom. The zero-order valence-corrected chi connectivity index (χ0v) is 12.5. The number of carbonyl (C=O) groups is 2. The van der Waals surface area contributed by atoms with Crippen LogP contribution in [0.3, 0.4) is 0 Å². The Kier molecular flexibility index (Phi) is 3.88. The predicted octanol–water partition coefficient (Wildman–Crippen LogP) is 1.94. The van der Waals surface area contributed by atoms with Crippen LogP contribution in [0, 0.1) is 11.3 Å². The summed E-state index contributed by atoms with van der Waals surface area (Å²) >= 11 is 0. The molecule has 108 valence electrons. The zero-order chi connectivity index (χ0) is 14.2. The smallest absolute Gasteiger partial charge is 0.246 e. The number of amides is 2. The Balaban J connectivity index is 2.14. The lowest BCUT2D eigenvalue weighted by molar-refractivity contribution is -0.151. The fourth-order valence-corrected chi connectivity index (χ4v) is 2.84. The molecule has 0 aromatic carbocycles. The Morgan fingerprint density at radius 2 is 2.00 bits per heavy atom. The monoisotopic (exact) mass is 266 g/mol. The highest BCUT2D eigenvalue weighted by Gasteiger charge is 2.48. The van der Waals surface area contributed by atoms with Crippen LogP contribution < -0.4 is 5.32 Å². The molecule has 19 heavy (non-hydrogen) atoms. The average molecular weight is 266 g/mol. The molecule has 4 nitrogen and oxygen atoms in total. The molecule has 0 radical (unpaired) electrons. The first-order valence-electron chi connectivity index (χ1n) is 7.55. The second-order valence-electron chi connectivity index (χ2n) is 6.37. The molecule has 2 rings (SSSR count). The van der Waals surface area contributed by atoms with Gasteiger partial charge in [-0.15, -0.1) is 0 Å². The van der Waals surface area contributed by atoms with E-state index in [1.807, 2.05) is 18.7 Å². The van der Waals surface area contributed by atoms with E-state index in [0.717, 1.165) is 19.4 Å². The lowest BCUT2D eigenvalue weighted by Gasteiger charge is -2.41. The maximum atomic E-state index is 12.6. The molecule has 0 aromatic heterocycles.